The highest BCUT2D eigenvalue weighted by atomic mass is 32.1. The molecule has 1 aromatic heterocycles. The summed E-state index contributed by atoms with van der Waals surface area (Å²) in [5.74, 6) is 0.970. The van der Waals surface area contributed by atoms with E-state index < -0.39 is 0 Å². The Bertz CT molecular complexity index is 639. The number of thiophene rings is 1. The highest BCUT2D eigenvalue weighted by molar-refractivity contribution is 7.12. The van der Waals surface area contributed by atoms with Crippen LogP contribution in [-0.4, -0.2) is 74.9 Å². The molecule has 3 heterocycles. The third-order valence-electron chi connectivity index (χ3n) is 5.50. The number of carbonyl (C=O) groups excluding carboxylic acids is 1. The lowest BCUT2D eigenvalue weighted by Crippen LogP contribution is -2.47. The average molecular weight is 437 g/mol. The minimum absolute atomic E-state index is 0.00147. The molecule has 0 saturated carbocycles. The Kier molecular flexibility index (Phi) is 9.92. The maximum atomic E-state index is 12.0. The van der Waals surface area contributed by atoms with Crippen molar-refractivity contribution in [1.29, 1.82) is 0 Å². The van der Waals surface area contributed by atoms with E-state index in [2.05, 4.69) is 22.5 Å². The number of aliphatic imine (C=N–C) groups is 1. The van der Waals surface area contributed by atoms with Crippen LogP contribution in [0.5, 0.6) is 0 Å². The number of hydrogen-bond donors (Lipinski definition) is 2. The van der Waals surface area contributed by atoms with Gasteiger partial charge >= 0.3 is 0 Å². The van der Waals surface area contributed by atoms with Crippen molar-refractivity contribution in [3.05, 3.63) is 22.4 Å². The van der Waals surface area contributed by atoms with Crippen LogP contribution in [0.15, 0.2) is 22.5 Å². The smallest absolute Gasteiger partial charge is 0.261 e. The zero-order valence-corrected chi connectivity index (χ0v) is 18.9. The molecule has 3 rings (SSSR count). The number of amides is 1. The molecule has 0 aliphatic carbocycles. The van der Waals surface area contributed by atoms with E-state index in [1.54, 1.807) is 0 Å². The first-order valence-corrected chi connectivity index (χ1v) is 12.2. The number of carbonyl (C=O) groups is 1. The molecular weight excluding hydrogens is 400 g/mol. The van der Waals surface area contributed by atoms with Crippen LogP contribution in [0.4, 0.5) is 0 Å². The molecule has 1 unspecified atom stereocenters. The van der Waals surface area contributed by atoms with Gasteiger partial charge < -0.3 is 25.0 Å². The fourth-order valence-corrected chi connectivity index (χ4v) is 4.44. The lowest BCUT2D eigenvalue weighted by molar-refractivity contribution is -0.0721. The van der Waals surface area contributed by atoms with E-state index in [1.807, 2.05) is 17.5 Å². The quantitative estimate of drug-likeness (QED) is 0.354. The zero-order valence-electron chi connectivity index (χ0n) is 18.1. The van der Waals surface area contributed by atoms with Crippen molar-refractivity contribution in [1.82, 2.24) is 15.5 Å². The summed E-state index contributed by atoms with van der Waals surface area (Å²) in [7, 11) is 0. The minimum Gasteiger partial charge on any atom is -0.376 e. The Morgan fingerprint density at radius 1 is 1.30 bits per heavy atom. The summed E-state index contributed by atoms with van der Waals surface area (Å²) < 4.78 is 11.9. The molecule has 1 aromatic rings. The molecule has 2 aliphatic heterocycles. The number of likely N-dealkylation sites (tertiary alicyclic amines) is 1. The second kappa shape index (κ2) is 12.9. The molecule has 2 aliphatic rings. The van der Waals surface area contributed by atoms with E-state index in [0.717, 1.165) is 69.4 Å². The largest absolute Gasteiger partial charge is 0.376 e. The van der Waals surface area contributed by atoms with Crippen LogP contribution in [0.1, 0.15) is 55.1 Å². The van der Waals surface area contributed by atoms with Crippen molar-refractivity contribution in [2.45, 2.75) is 57.7 Å². The van der Waals surface area contributed by atoms with Gasteiger partial charge in [0, 0.05) is 39.3 Å². The Morgan fingerprint density at radius 3 is 2.87 bits per heavy atom. The molecule has 30 heavy (non-hydrogen) atoms. The molecule has 0 aromatic carbocycles. The predicted octanol–water partition coefficient (Wildman–Crippen LogP) is 2.88. The van der Waals surface area contributed by atoms with Crippen molar-refractivity contribution in [3.63, 3.8) is 0 Å². The predicted molar refractivity (Wildman–Crippen MR) is 121 cm³/mol. The van der Waals surface area contributed by atoms with E-state index in [1.165, 1.54) is 24.2 Å². The molecule has 1 amide bonds. The Morgan fingerprint density at radius 2 is 2.17 bits per heavy atom. The molecule has 1 atom stereocenters. The first-order valence-electron chi connectivity index (χ1n) is 11.3. The van der Waals surface area contributed by atoms with Crippen molar-refractivity contribution in [2.75, 3.05) is 45.9 Å². The molecule has 0 bridgehead atoms. The van der Waals surface area contributed by atoms with Gasteiger partial charge in [-0.05, 0) is 56.9 Å². The van der Waals surface area contributed by atoms with Crippen LogP contribution < -0.4 is 10.6 Å². The Labute approximate surface area is 184 Å². The second-order valence-electron chi connectivity index (χ2n) is 7.83. The van der Waals surface area contributed by atoms with E-state index in [0.29, 0.717) is 19.2 Å². The first-order chi connectivity index (χ1) is 14.8. The van der Waals surface area contributed by atoms with Crippen LogP contribution in [0, 0.1) is 0 Å². The number of nitrogens with zero attached hydrogens (tertiary/aromatic N) is 2. The molecular formula is C22H36N4O3S. The van der Waals surface area contributed by atoms with Crippen molar-refractivity contribution < 1.29 is 14.3 Å². The number of guanidine groups is 1. The molecule has 0 radical (unpaired) electrons. The van der Waals surface area contributed by atoms with Gasteiger partial charge in [0.1, 0.15) is 0 Å². The van der Waals surface area contributed by atoms with Gasteiger partial charge in [-0.2, -0.15) is 0 Å². The van der Waals surface area contributed by atoms with Gasteiger partial charge in [-0.3, -0.25) is 9.79 Å². The lowest BCUT2D eigenvalue weighted by atomic mass is 10.1. The molecule has 0 spiro atoms. The summed E-state index contributed by atoms with van der Waals surface area (Å²) in [4.78, 5) is 19.8. The maximum absolute atomic E-state index is 12.0. The minimum atomic E-state index is 0.00147. The van der Waals surface area contributed by atoms with Crippen LogP contribution in [-0.2, 0) is 9.47 Å². The summed E-state index contributed by atoms with van der Waals surface area (Å²) in [6.07, 6.45) is 7.05. The monoisotopic (exact) mass is 436 g/mol. The standard InChI is InChI=1S/C22H36N4O3S/c1-2-23-22(25-12-6-11-24-21(27)20-8-5-16-30-20)26-13-9-18(10-14-26)29-17-19-7-3-4-15-28-19/h5,8,16,18-19H,2-4,6-7,9-15,17H2,1H3,(H,23,25)(H,24,27). The van der Waals surface area contributed by atoms with Gasteiger partial charge in [0.05, 0.1) is 23.7 Å². The average Bonchev–Trinajstić information content (AvgIpc) is 3.33. The first kappa shape index (κ1) is 23.0. The number of piperidine rings is 1. The van der Waals surface area contributed by atoms with Gasteiger partial charge in [0.15, 0.2) is 5.96 Å². The second-order valence-corrected chi connectivity index (χ2v) is 8.78. The van der Waals surface area contributed by atoms with Gasteiger partial charge in [-0.1, -0.05) is 6.07 Å². The molecule has 2 saturated heterocycles. The Balaban J connectivity index is 1.34. The number of ether oxygens (including phenoxy) is 2. The zero-order chi connectivity index (χ0) is 21.0. The SMILES string of the molecule is CCNC(=NCCCNC(=O)c1cccs1)N1CCC(OCC2CCCCO2)CC1. The maximum Gasteiger partial charge on any atom is 0.261 e. The third-order valence-corrected chi connectivity index (χ3v) is 6.36. The van der Waals surface area contributed by atoms with Crippen LogP contribution >= 0.6 is 11.3 Å². The number of rotatable bonds is 9. The van der Waals surface area contributed by atoms with E-state index in [9.17, 15) is 4.79 Å². The molecule has 168 valence electrons. The highest BCUT2D eigenvalue weighted by Crippen LogP contribution is 2.18. The number of hydrogen-bond acceptors (Lipinski definition) is 5. The summed E-state index contributed by atoms with van der Waals surface area (Å²) >= 11 is 1.46. The van der Waals surface area contributed by atoms with Crippen LogP contribution in [0.2, 0.25) is 0 Å². The van der Waals surface area contributed by atoms with Gasteiger partial charge in [0.2, 0.25) is 0 Å². The Hall–Kier alpha value is -1.64. The van der Waals surface area contributed by atoms with Crippen molar-refractivity contribution in [2.24, 2.45) is 4.99 Å². The molecule has 7 nitrogen and oxygen atoms in total. The molecule has 8 heteroatoms. The summed E-state index contributed by atoms with van der Waals surface area (Å²) in [6, 6.07) is 3.74. The molecule has 2 fully saturated rings. The highest BCUT2D eigenvalue weighted by Gasteiger charge is 2.23. The summed E-state index contributed by atoms with van der Waals surface area (Å²) in [5, 5.41) is 8.28. The van der Waals surface area contributed by atoms with Crippen molar-refractivity contribution >= 4 is 23.2 Å². The van der Waals surface area contributed by atoms with Gasteiger partial charge in [-0.15, -0.1) is 11.3 Å². The van der Waals surface area contributed by atoms with Crippen LogP contribution in [0.25, 0.3) is 0 Å². The normalized spacial score (nSPS) is 20.9. The lowest BCUT2D eigenvalue weighted by Gasteiger charge is -2.35. The summed E-state index contributed by atoms with van der Waals surface area (Å²) in [6.45, 7) is 7.80. The van der Waals surface area contributed by atoms with E-state index >= 15 is 0 Å². The van der Waals surface area contributed by atoms with Crippen LogP contribution in [0.3, 0.4) is 0 Å². The number of nitrogens with one attached hydrogen (secondary N) is 2. The topological polar surface area (TPSA) is 75.2 Å². The van der Waals surface area contributed by atoms with E-state index in [4.69, 9.17) is 14.5 Å². The fraction of sp³-hybridized carbons (Fsp3) is 0.727. The van der Waals surface area contributed by atoms with Gasteiger partial charge in [-0.25, -0.2) is 0 Å². The summed E-state index contributed by atoms with van der Waals surface area (Å²) in [5.41, 5.74) is 0. The fourth-order valence-electron chi connectivity index (χ4n) is 3.80. The van der Waals surface area contributed by atoms with E-state index in [-0.39, 0.29) is 12.0 Å². The molecule has 2 N–H and O–H groups in total. The van der Waals surface area contributed by atoms with Gasteiger partial charge in [0.25, 0.3) is 5.91 Å². The van der Waals surface area contributed by atoms with Crippen molar-refractivity contribution in [3.8, 4) is 0 Å². The third kappa shape index (κ3) is 7.56.